The molecule has 120 valence electrons. The van der Waals surface area contributed by atoms with Gasteiger partial charge in [-0.25, -0.2) is 9.67 Å². The van der Waals surface area contributed by atoms with Crippen LogP contribution in [0.15, 0.2) is 68.6 Å². The quantitative estimate of drug-likeness (QED) is 0.553. The van der Waals surface area contributed by atoms with Gasteiger partial charge in [0.1, 0.15) is 4.90 Å². The molecule has 24 heavy (non-hydrogen) atoms. The van der Waals surface area contributed by atoms with Crippen LogP contribution in [-0.4, -0.2) is 14.3 Å². The smallest absolute Gasteiger partial charge is 0.284 e. The third-order valence-corrected chi connectivity index (χ3v) is 6.24. The van der Waals surface area contributed by atoms with Crippen molar-refractivity contribution >= 4 is 33.3 Å². The molecule has 0 aliphatic heterocycles. The summed E-state index contributed by atoms with van der Waals surface area (Å²) in [4.78, 5) is 18.3. The topological polar surface area (TPSA) is 39.8 Å². The Hall–Kier alpha value is -2.31. The number of nitrogens with zero attached hydrogens (tertiary/aromatic N) is 3. The van der Waals surface area contributed by atoms with Gasteiger partial charge in [-0.3, -0.25) is 9.48 Å². The second-order valence-electron chi connectivity index (χ2n) is 5.44. The van der Waals surface area contributed by atoms with Gasteiger partial charge in [0, 0.05) is 7.05 Å². The van der Waals surface area contributed by atoms with Gasteiger partial charge >= 0.3 is 0 Å². The largest absolute Gasteiger partial charge is 0.285 e. The van der Waals surface area contributed by atoms with Crippen LogP contribution in [0.2, 0.25) is 0 Å². The van der Waals surface area contributed by atoms with E-state index in [0.29, 0.717) is 0 Å². The SMILES string of the molecule is Cc1c(Sc2nc3ccccc3s2)c(=O)n(-c2ccccc2)n1C. The molecular weight excluding hydrogens is 338 g/mol. The lowest BCUT2D eigenvalue weighted by molar-refractivity contribution is 0.630. The van der Waals surface area contributed by atoms with Gasteiger partial charge in [-0.1, -0.05) is 42.1 Å². The summed E-state index contributed by atoms with van der Waals surface area (Å²) >= 11 is 3.06. The molecule has 0 bridgehead atoms. The van der Waals surface area contributed by atoms with E-state index in [-0.39, 0.29) is 5.56 Å². The highest BCUT2D eigenvalue weighted by atomic mass is 32.2. The zero-order chi connectivity index (χ0) is 16.7. The Morgan fingerprint density at radius 1 is 1.04 bits per heavy atom. The lowest BCUT2D eigenvalue weighted by Gasteiger charge is -2.07. The number of para-hydroxylation sites is 2. The Bertz CT molecular complexity index is 1040. The van der Waals surface area contributed by atoms with Crippen LogP contribution in [0.25, 0.3) is 15.9 Å². The van der Waals surface area contributed by atoms with Gasteiger partial charge in [0.15, 0.2) is 4.34 Å². The number of fused-ring (bicyclic) bond motifs is 1. The predicted molar refractivity (Wildman–Crippen MR) is 99.5 cm³/mol. The van der Waals surface area contributed by atoms with Gasteiger partial charge in [-0.2, -0.15) is 0 Å². The fourth-order valence-electron chi connectivity index (χ4n) is 2.64. The molecule has 2 aromatic heterocycles. The lowest BCUT2D eigenvalue weighted by Crippen LogP contribution is -2.19. The number of aromatic nitrogens is 3. The van der Waals surface area contributed by atoms with Crippen LogP contribution in [0.1, 0.15) is 5.69 Å². The van der Waals surface area contributed by atoms with E-state index in [1.165, 1.54) is 11.8 Å². The Kier molecular flexibility index (Phi) is 3.78. The molecule has 0 N–H and O–H groups in total. The minimum atomic E-state index is -0.00884. The monoisotopic (exact) mass is 353 g/mol. The number of thiazole rings is 1. The van der Waals surface area contributed by atoms with E-state index in [9.17, 15) is 4.79 Å². The summed E-state index contributed by atoms with van der Waals surface area (Å²) in [5, 5.41) is 0. The minimum absolute atomic E-state index is 0.00884. The second kappa shape index (κ2) is 5.96. The van der Waals surface area contributed by atoms with E-state index >= 15 is 0 Å². The van der Waals surface area contributed by atoms with Gasteiger partial charge in [-0.05, 0) is 31.2 Å². The standard InChI is InChI=1S/C18H15N3OS2/c1-12-16(24-18-19-14-10-6-7-11-15(14)23-18)17(22)21(20(12)2)13-8-4-3-5-9-13/h3-11H,1-2H3. The lowest BCUT2D eigenvalue weighted by atomic mass is 10.3. The van der Waals surface area contributed by atoms with Gasteiger partial charge in [0.05, 0.1) is 21.6 Å². The van der Waals surface area contributed by atoms with Crippen molar-refractivity contribution in [3.8, 4) is 5.69 Å². The third-order valence-electron chi connectivity index (χ3n) is 3.97. The van der Waals surface area contributed by atoms with Crippen molar-refractivity contribution in [3.05, 3.63) is 70.6 Å². The van der Waals surface area contributed by atoms with Crippen molar-refractivity contribution in [2.24, 2.45) is 7.05 Å². The molecule has 0 saturated heterocycles. The van der Waals surface area contributed by atoms with Gasteiger partial charge in [-0.15, -0.1) is 11.3 Å². The average molecular weight is 353 g/mol. The van der Waals surface area contributed by atoms with Crippen molar-refractivity contribution in [2.45, 2.75) is 16.2 Å². The van der Waals surface area contributed by atoms with Crippen LogP contribution >= 0.6 is 23.1 Å². The van der Waals surface area contributed by atoms with Gasteiger partial charge in [0.2, 0.25) is 0 Å². The first-order chi connectivity index (χ1) is 11.6. The summed E-state index contributed by atoms with van der Waals surface area (Å²) in [7, 11) is 1.91. The summed E-state index contributed by atoms with van der Waals surface area (Å²) < 4.78 is 5.62. The zero-order valence-corrected chi connectivity index (χ0v) is 14.9. The van der Waals surface area contributed by atoms with E-state index in [1.54, 1.807) is 16.0 Å². The molecule has 2 heterocycles. The van der Waals surface area contributed by atoms with Crippen molar-refractivity contribution in [1.82, 2.24) is 14.3 Å². The molecule has 4 nitrogen and oxygen atoms in total. The Morgan fingerprint density at radius 3 is 2.50 bits per heavy atom. The molecule has 0 unspecified atom stereocenters. The molecule has 0 fully saturated rings. The summed E-state index contributed by atoms with van der Waals surface area (Å²) in [5.74, 6) is 0. The first-order valence-electron chi connectivity index (χ1n) is 7.52. The summed E-state index contributed by atoms with van der Waals surface area (Å²) in [6.07, 6.45) is 0. The van der Waals surface area contributed by atoms with E-state index in [4.69, 9.17) is 0 Å². The molecule has 0 aliphatic carbocycles. The highest BCUT2D eigenvalue weighted by Crippen LogP contribution is 2.34. The highest BCUT2D eigenvalue weighted by molar-refractivity contribution is 8.01. The molecule has 0 saturated carbocycles. The fourth-order valence-corrected chi connectivity index (χ4v) is 4.80. The summed E-state index contributed by atoms with van der Waals surface area (Å²) in [5.41, 5.74) is 2.77. The zero-order valence-electron chi connectivity index (χ0n) is 13.3. The van der Waals surface area contributed by atoms with Crippen LogP contribution in [0.5, 0.6) is 0 Å². The van der Waals surface area contributed by atoms with Crippen LogP contribution in [0.3, 0.4) is 0 Å². The number of hydrogen-bond acceptors (Lipinski definition) is 4. The molecule has 6 heteroatoms. The van der Waals surface area contributed by atoms with Crippen molar-refractivity contribution in [2.75, 3.05) is 0 Å². The van der Waals surface area contributed by atoms with Crippen molar-refractivity contribution < 1.29 is 0 Å². The maximum atomic E-state index is 12.9. The van der Waals surface area contributed by atoms with Crippen molar-refractivity contribution in [1.29, 1.82) is 0 Å². The molecule has 0 atom stereocenters. The first-order valence-corrected chi connectivity index (χ1v) is 9.16. The normalized spacial score (nSPS) is 11.2. The Labute approximate surface area is 147 Å². The molecular formula is C18H15N3OS2. The van der Waals surface area contributed by atoms with Crippen molar-refractivity contribution in [3.63, 3.8) is 0 Å². The Morgan fingerprint density at radius 2 is 1.75 bits per heavy atom. The van der Waals surface area contributed by atoms with Crippen LogP contribution in [-0.2, 0) is 7.05 Å². The van der Waals surface area contributed by atoms with E-state index in [2.05, 4.69) is 11.1 Å². The molecule has 0 radical (unpaired) electrons. The first kappa shape index (κ1) is 15.2. The van der Waals surface area contributed by atoms with Crippen LogP contribution in [0.4, 0.5) is 0 Å². The van der Waals surface area contributed by atoms with Gasteiger partial charge in [0.25, 0.3) is 5.56 Å². The van der Waals surface area contributed by atoms with E-state index in [1.807, 2.05) is 67.2 Å². The summed E-state index contributed by atoms with van der Waals surface area (Å²) in [6, 6.07) is 17.7. The third kappa shape index (κ3) is 2.48. The summed E-state index contributed by atoms with van der Waals surface area (Å²) in [6.45, 7) is 1.97. The molecule has 0 aliphatic rings. The number of benzene rings is 2. The maximum absolute atomic E-state index is 12.9. The van der Waals surface area contributed by atoms with E-state index < -0.39 is 0 Å². The highest BCUT2D eigenvalue weighted by Gasteiger charge is 2.18. The molecule has 2 aromatic carbocycles. The minimum Gasteiger partial charge on any atom is -0.284 e. The number of hydrogen-bond donors (Lipinski definition) is 0. The molecule has 4 aromatic rings. The van der Waals surface area contributed by atoms with Crippen LogP contribution in [0, 0.1) is 6.92 Å². The van der Waals surface area contributed by atoms with E-state index in [0.717, 1.165) is 30.8 Å². The fraction of sp³-hybridized carbons (Fsp3) is 0.111. The van der Waals surface area contributed by atoms with Crippen LogP contribution < -0.4 is 5.56 Å². The molecule has 0 amide bonds. The second-order valence-corrected chi connectivity index (χ2v) is 7.73. The van der Waals surface area contributed by atoms with Gasteiger partial charge < -0.3 is 0 Å². The molecule has 4 rings (SSSR count). The molecule has 0 spiro atoms. The average Bonchev–Trinajstić information content (AvgIpc) is 3.10. The predicted octanol–water partition coefficient (Wildman–Crippen LogP) is 4.25. The number of rotatable bonds is 3. The maximum Gasteiger partial charge on any atom is 0.285 e. The Balaban J connectivity index is 1.80.